The Labute approximate surface area is 114 Å². The van der Waals surface area contributed by atoms with Gasteiger partial charge in [0.1, 0.15) is 0 Å². The second-order valence-electron chi connectivity index (χ2n) is 5.32. The first-order chi connectivity index (χ1) is 9.34. The van der Waals surface area contributed by atoms with Crippen molar-refractivity contribution in [3.8, 4) is 0 Å². The van der Waals surface area contributed by atoms with Crippen LogP contribution in [0.2, 0.25) is 0 Å². The number of rotatable bonds is 1. The Morgan fingerprint density at radius 3 is 3.00 bits per heavy atom. The van der Waals surface area contributed by atoms with Crippen LogP contribution in [0.25, 0.3) is 0 Å². The van der Waals surface area contributed by atoms with E-state index in [1.54, 1.807) is 0 Å². The summed E-state index contributed by atoms with van der Waals surface area (Å²) in [6.45, 7) is 4.58. The number of nitrogens with one attached hydrogen (secondary N) is 2. The molecule has 2 N–H and O–H groups in total. The molecule has 0 aliphatic carbocycles. The molecule has 1 amide bonds. The lowest BCUT2D eigenvalue weighted by molar-refractivity contribution is -0.120. The van der Waals surface area contributed by atoms with Crippen LogP contribution >= 0.6 is 0 Å². The van der Waals surface area contributed by atoms with Gasteiger partial charge in [0.05, 0.1) is 0 Å². The van der Waals surface area contributed by atoms with Gasteiger partial charge in [-0.15, -0.1) is 0 Å². The highest BCUT2D eigenvalue weighted by atomic mass is 16.1. The highest BCUT2D eigenvalue weighted by Gasteiger charge is 2.25. The summed E-state index contributed by atoms with van der Waals surface area (Å²) in [6.07, 6.45) is 1.73. The Bertz CT molecular complexity index is 460. The van der Waals surface area contributed by atoms with E-state index in [-0.39, 0.29) is 5.91 Å². The molecule has 0 spiro atoms. The van der Waals surface area contributed by atoms with E-state index in [1.807, 2.05) is 0 Å². The van der Waals surface area contributed by atoms with E-state index in [0.717, 1.165) is 39.1 Å². The maximum atomic E-state index is 11.5. The molecular weight excluding hydrogens is 238 g/mol. The quantitative estimate of drug-likeness (QED) is 0.792. The number of carbonyl (C=O) groups excluding carboxylic acids is 1. The highest BCUT2D eigenvalue weighted by Crippen LogP contribution is 2.29. The van der Waals surface area contributed by atoms with Crippen molar-refractivity contribution in [2.24, 2.45) is 0 Å². The van der Waals surface area contributed by atoms with Gasteiger partial charge < -0.3 is 10.6 Å². The smallest absolute Gasteiger partial charge is 0.221 e. The SMILES string of the molecule is O=C1CCN(C2CCNCc3ccccc32)CCN1. The fourth-order valence-corrected chi connectivity index (χ4v) is 3.11. The van der Waals surface area contributed by atoms with Crippen molar-refractivity contribution in [2.45, 2.75) is 25.4 Å². The Morgan fingerprint density at radius 2 is 2.05 bits per heavy atom. The first kappa shape index (κ1) is 12.6. The monoisotopic (exact) mass is 259 g/mol. The van der Waals surface area contributed by atoms with Gasteiger partial charge in [-0.1, -0.05) is 24.3 Å². The minimum Gasteiger partial charge on any atom is -0.355 e. The number of hydrogen-bond donors (Lipinski definition) is 2. The molecule has 1 aromatic carbocycles. The van der Waals surface area contributed by atoms with Crippen LogP contribution < -0.4 is 10.6 Å². The summed E-state index contributed by atoms with van der Waals surface area (Å²) >= 11 is 0. The van der Waals surface area contributed by atoms with Crippen LogP contribution in [0.3, 0.4) is 0 Å². The molecule has 1 atom stereocenters. The van der Waals surface area contributed by atoms with Gasteiger partial charge in [0.25, 0.3) is 0 Å². The van der Waals surface area contributed by atoms with E-state index < -0.39 is 0 Å². The van der Waals surface area contributed by atoms with Crippen LogP contribution in [0.4, 0.5) is 0 Å². The van der Waals surface area contributed by atoms with Crippen molar-refractivity contribution in [1.29, 1.82) is 0 Å². The largest absolute Gasteiger partial charge is 0.355 e. The molecule has 1 aromatic rings. The molecule has 4 nitrogen and oxygen atoms in total. The zero-order valence-corrected chi connectivity index (χ0v) is 11.2. The van der Waals surface area contributed by atoms with Gasteiger partial charge in [0.15, 0.2) is 0 Å². The van der Waals surface area contributed by atoms with Crippen LogP contribution in [0.15, 0.2) is 24.3 Å². The third-order valence-corrected chi connectivity index (χ3v) is 4.11. The molecule has 2 heterocycles. The molecule has 19 heavy (non-hydrogen) atoms. The number of amides is 1. The maximum Gasteiger partial charge on any atom is 0.221 e. The van der Waals surface area contributed by atoms with Crippen molar-refractivity contribution in [2.75, 3.05) is 26.2 Å². The van der Waals surface area contributed by atoms with Gasteiger partial charge in [0.2, 0.25) is 5.91 Å². The van der Waals surface area contributed by atoms with E-state index in [0.29, 0.717) is 12.5 Å². The summed E-state index contributed by atoms with van der Waals surface area (Å²) in [5.41, 5.74) is 2.83. The van der Waals surface area contributed by atoms with Crippen molar-refractivity contribution < 1.29 is 4.79 Å². The number of hydrogen-bond acceptors (Lipinski definition) is 3. The Balaban J connectivity index is 1.85. The van der Waals surface area contributed by atoms with Gasteiger partial charge in [0, 0.05) is 38.6 Å². The summed E-state index contributed by atoms with van der Waals surface area (Å²) in [6, 6.07) is 9.13. The first-order valence-corrected chi connectivity index (χ1v) is 7.14. The molecule has 0 saturated carbocycles. The van der Waals surface area contributed by atoms with Gasteiger partial charge >= 0.3 is 0 Å². The molecular formula is C15H21N3O. The van der Waals surface area contributed by atoms with Crippen LogP contribution in [-0.4, -0.2) is 37.0 Å². The summed E-state index contributed by atoms with van der Waals surface area (Å²) in [4.78, 5) is 13.9. The van der Waals surface area contributed by atoms with Crippen LogP contribution in [0.1, 0.15) is 30.0 Å². The third-order valence-electron chi connectivity index (χ3n) is 4.11. The zero-order valence-electron chi connectivity index (χ0n) is 11.2. The van der Waals surface area contributed by atoms with Crippen molar-refractivity contribution in [3.63, 3.8) is 0 Å². The topological polar surface area (TPSA) is 44.4 Å². The minimum absolute atomic E-state index is 0.183. The normalized spacial score (nSPS) is 25.1. The fraction of sp³-hybridized carbons (Fsp3) is 0.533. The fourth-order valence-electron chi connectivity index (χ4n) is 3.11. The second-order valence-corrected chi connectivity index (χ2v) is 5.32. The Morgan fingerprint density at radius 1 is 1.16 bits per heavy atom. The maximum absolute atomic E-state index is 11.5. The molecule has 0 radical (unpaired) electrons. The molecule has 1 unspecified atom stereocenters. The minimum atomic E-state index is 0.183. The lowest BCUT2D eigenvalue weighted by Gasteiger charge is -2.30. The van der Waals surface area contributed by atoms with Crippen molar-refractivity contribution >= 4 is 5.91 Å². The van der Waals surface area contributed by atoms with E-state index >= 15 is 0 Å². The zero-order chi connectivity index (χ0) is 13.1. The van der Waals surface area contributed by atoms with Crippen LogP contribution in [0.5, 0.6) is 0 Å². The number of benzene rings is 1. The molecule has 4 heteroatoms. The average molecular weight is 259 g/mol. The lowest BCUT2D eigenvalue weighted by Crippen LogP contribution is -2.33. The lowest BCUT2D eigenvalue weighted by atomic mass is 9.97. The van der Waals surface area contributed by atoms with Gasteiger partial charge in [-0.2, -0.15) is 0 Å². The molecule has 1 saturated heterocycles. The predicted molar refractivity (Wildman–Crippen MR) is 74.7 cm³/mol. The third kappa shape index (κ3) is 2.80. The summed E-state index contributed by atoms with van der Waals surface area (Å²) in [5.74, 6) is 0.183. The van der Waals surface area contributed by atoms with Crippen LogP contribution in [0, 0.1) is 0 Å². The standard InChI is InChI=1S/C15H21N3O/c19-15-6-9-18(10-8-17-15)14-5-7-16-11-12-3-1-2-4-13(12)14/h1-4,14,16H,5-11H2,(H,17,19). The molecule has 2 aliphatic rings. The Kier molecular flexibility index (Phi) is 3.80. The summed E-state index contributed by atoms with van der Waals surface area (Å²) in [7, 11) is 0. The molecule has 102 valence electrons. The van der Waals surface area contributed by atoms with E-state index in [4.69, 9.17) is 0 Å². The van der Waals surface area contributed by atoms with Gasteiger partial charge in [-0.05, 0) is 24.1 Å². The van der Waals surface area contributed by atoms with Crippen LogP contribution in [-0.2, 0) is 11.3 Å². The molecule has 2 aliphatic heterocycles. The van der Waals surface area contributed by atoms with Crippen molar-refractivity contribution in [1.82, 2.24) is 15.5 Å². The second kappa shape index (κ2) is 5.72. The van der Waals surface area contributed by atoms with Gasteiger partial charge in [-0.3, -0.25) is 9.69 Å². The van der Waals surface area contributed by atoms with E-state index in [1.165, 1.54) is 11.1 Å². The summed E-state index contributed by atoms with van der Waals surface area (Å²) in [5, 5.41) is 6.44. The molecule has 0 bridgehead atoms. The summed E-state index contributed by atoms with van der Waals surface area (Å²) < 4.78 is 0. The average Bonchev–Trinajstić information content (AvgIpc) is 2.76. The van der Waals surface area contributed by atoms with E-state index in [2.05, 4.69) is 39.8 Å². The van der Waals surface area contributed by atoms with Gasteiger partial charge in [-0.25, -0.2) is 0 Å². The molecule has 0 aromatic heterocycles. The van der Waals surface area contributed by atoms with Crippen molar-refractivity contribution in [3.05, 3.63) is 35.4 Å². The highest BCUT2D eigenvalue weighted by molar-refractivity contribution is 5.76. The first-order valence-electron chi connectivity index (χ1n) is 7.14. The number of carbonyl (C=O) groups is 1. The number of fused-ring (bicyclic) bond motifs is 1. The molecule has 1 fully saturated rings. The van der Waals surface area contributed by atoms with E-state index in [9.17, 15) is 4.79 Å². The molecule has 3 rings (SSSR count). The number of nitrogens with zero attached hydrogens (tertiary/aromatic N) is 1. The Hall–Kier alpha value is -1.39. The predicted octanol–water partition coefficient (Wildman–Crippen LogP) is 1.04.